The first-order valence-electron chi connectivity index (χ1n) is 5.83. The lowest BCUT2D eigenvalue weighted by atomic mass is 10.0. The monoisotopic (exact) mass is 322 g/mol. The van der Waals surface area contributed by atoms with E-state index in [9.17, 15) is 31.4 Å². The largest absolute Gasteiger partial charge is 0.573 e. The summed E-state index contributed by atoms with van der Waals surface area (Å²) in [5, 5.41) is 9.50. The lowest BCUT2D eigenvalue weighted by Gasteiger charge is -2.12. The van der Waals surface area contributed by atoms with Crippen LogP contribution in [0.4, 0.5) is 26.3 Å². The minimum Gasteiger partial charge on any atom is -0.504 e. The Morgan fingerprint density at radius 3 is 2.00 bits per heavy atom. The zero-order valence-corrected chi connectivity index (χ0v) is 10.7. The van der Waals surface area contributed by atoms with E-state index in [0.29, 0.717) is 0 Å². The van der Waals surface area contributed by atoms with Crippen molar-refractivity contribution in [2.24, 2.45) is 0 Å². The van der Waals surface area contributed by atoms with E-state index in [0.717, 1.165) is 36.4 Å². The fourth-order valence-corrected chi connectivity index (χ4v) is 1.78. The second-order valence-corrected chi connectivity index (χ2v) is 4.31. The zero-order chi connectivity index (χ0) is 16.5. The number of alkyl halides is 6. The maximum atomic E-state index is 12.6. The first-order chi connectivity index (χ1) is 10.1. The van der Waals surface area contributed by atoms with Crippen molar-refractivity contribution < 1.29 is 36.2 Å². The minimum atomic E-state index is -4.98. The van der Waals surface area contributed by atoms with Crippen LogP contribution in [0.15, 0.2) is 42.5 Å². The Labute approximate surface area is 120 Å². The smallest absolute Gasteiger partial charge is 0.504 e. The number of aromatic hydroxyl groups is 1. The van der Waals surface area contributed by atoms with E-state index >= 15 is 0 Å². The summed E-state index contributed by atoms with van der Waals surface area (Å²) in [4.78, 5) is 0. The van der Waals surface area contributed by atoms with Gasteiger partial charge in [-0.1, -0.05) is 18.2 Å². The lowest BCUT2D eigenvalue weighted by Crippen LogP contribution is -2.17. The maximum Gasteiger partial charge on any atom is 0.573 e. The molecule has 0 fully saturated rings. The Morgan fingerprint density at radius 2 is 1.45 bits per heavy atom. The molecule has 8 heteroatoms. The van der Waals surface area contributed by atoms with Gasteiger partial charge in [0.1, 0.15) is 0 Å². The Morgan fingerprint density at radius 1 is 0.818 bits per heavy atom. The van der Waals surface area contributed by atoms with Gasteiger partial charge in [0.2, 0.25) is 0 Å². The number of halogens is 6. The van der Waals surface area contributed by atoms with Crippen LogP contribution in [0.1, 0.15) is 5.56 Å². The van der Waals surface area contributed by atoms with Gasteiger partial charge in [-0.2, -0.15) is 13.2 Å². The minimum absolute atomic E-state index is 0.101. The molecule has 0 heterocycles. The second kappa shape index (κ2) is 5.43. The van der Waals surface area contributed by atoms with E-state index in [4.69, 9.17) is 0 Å². The molecule has 2 aromatic carbocycles. The van der Waals surface area contributed by atoms with E-state index in [1.165, 1.54) is 6.07 Å². The molecule has 0 bridgehead atoms. The van der Waals surface area contributed by atoms with Crippen LogP contribution in [0.25, 0.3) is 11.1 Å². The molecule has 2 rings (SSSR count). The van der Waals surface area contributed by atoms with Crippen LogP contribution in [0.5, 0.6) is 11.5 Å². The summed E-state index contributed by atoms with van der Waals surface area (Å²) < 4.78 is 77.6. The molecule has 0 aliphatic heterocycles. The number of rotatable bonds is 2. The van der Waals surface area contributed by atoms with Gasteiger partial charge in [0.25, 0.3) is 0 Å². The van der Waals surface area contributed by atoms with Gasteiger partial charge in [-0.25, -0.2) is 0 Å². The van der Waals surface area contributed by atoms with Crippen molar-refractivity contribution >= 4 is 0 Å². The van der Waals surface area contributed by atoms with Gasteiger partial charge >= 0.3 is 12.5 Å². The number of benzene rings is 2. The fraction of sp³-hybridized carbons (Fsp3) is 0.143. The van der Waals surface area contributed by atoms with E-state index in [1.807, 2.05) is 0 Å². The Bertz CT molecular complexity index is 676. The predicted octanol–water partition coefficient (Wildman–Crippen LogP) is 4.98. The molecule has 0 spiro atoms. The summed E-state index contributed by atoms with van der Waals surface area (Å²) in [6, 6.07) is 7.05. The van der Waals surface area contributed by atoms with E-state index in [1.54, 1.807) is 0 Å². The number of hydrogen-bond acceptors (Lipinski definition) is 2. The fourth-order valence-electron chi connectivity index (χ4n) is 1.78. The van der Waals surface area contributed by atoms with E-state index in [2.05, 4.69) is 4.74 Å². The van der Waals surface area contributed by atoms with Crippen LogP contribution < -0.4 is 4.74 Å². The summed E-state index contributed by atoms with van der Waals surface area (Å²) >= 11 is 0. The second-order valence-electron chi connectivity index (χ2n) is 4.31. The normalized spacial score (nSPS) is 12.3. The van der Waals surface area contributed by atoms with E-state index in [-0.39, 0.29) is 11.1 Å². The molecule has 0 aliphatic rings. The van der Waals surface area contributed by atoms with Crippen LogP contribution >= 0.6 is 0 Å². The van der Waals surface area contributed by atoms with E-state index < -0.39 is 29.6 Å². The molecule has 0 unspecified atom stereocenters. The van der Waals surface area contributed by atoms with Crippen molar-refractivity contribution in [3.8, 4) is 22.6 Å². The summed E-state index contributed by atoms with van der Waals surface area (Å²) in [6.07, 6.45) is -9.52. The van der Waals surface area contributed by atoms with Crippen LogP contribution in [-0.2, 0) is 6.18 Å². The van der Waals surface area contributed by atoms with Gasteiger partial charge in [-0.05, 0) is 35.4 Å². The van der Waals surface area contributed by atoms with Crippen molar-refractivity contribution in [2.45, 2.75) is 12.5 Å². The Kier molecular flexibility index (Phi) is 3.95. The molecule has 0 radical (unpaired) electrons. The van der Waals surface area contributed by atoms with Crippen molar-refractivity contribution in [3.63, 3.8) is 0 Å². The summed E-state index contributed by atoms with van der Waals surface area (Å²) in [5.74, 6) is -1.66. The van der Waals surface area contributed by atoms with Crippen molar-refractivity contribution in [3.05, 3.63) is 48.0 Å². The molecular weight excluding hydrogens is 314 g/mol. The topological polar surface area (TPSA) is 29.5 Å². The highest BCUT2D eigenvalue weighted by Gasteiger charge is 2.32. The van der Waals surface area contributed by atoms with Crippen molar-refractivity contribution in [1.82, 2.24) is 0 Å². The average Bonchev–Trinajstić information content (AvgIpc) is 2.39. The molecule has 1 N–H and O–H groups in total. The number of phenols is 1. The van der Waals surface area contributed by atoms with Crippen LogP contribution in [0.3, 0.4) is 0 Å². The van der Waals surface area contributed by atoms with Gasteiger partial charge in [-0.15, -0.1) is 13.2 Å². The molecule has 2 aromatic rings. The molecule has 2 nitrogen and oxygen atoms in total. The molecule has 0 atom stereocenters. The van der Waals surface area contributed by atoms with Crippen molar-refractivity contribution in [2.75, 3.05) is 0 Å². The first-order valence-corrected chi connectivity index (χ1v) is 5.83. The third-order valence-electron chi connectivity index (χ3n) is 2.71. The number of hydrogen-bond donors (Lipinski definition) is 1. The molecule has 0 aliphatic carbocycles. The van der Waals surface area contributed by atoms with Crippen LogP contribution in [0.2, 0.25) is 0 Å². The van der Waals surface area contributed by atoms with Gasteiger partial charge in [-0.3, -0.25) is 0 Å². The van der Waals surface area contributed by atoms with Crippen molar-refractivity contribution in [1.29, 1.82) is 0 Å². The molecule has 0 saturated heterocycles. The molecule has 0 aromatic heterocycles. The highest BCUT2D eigenvalue weighted by Crippen LogP contribution is 2.36. The summed E-state index contributed by atoms with van der Waals surface area (Å²) in [7, 11) is 0. The molecule has 118 valence electrons. The molecule has 0 amide bonds. The third-order valence-corrected chi connectivity index (χ3v) is 2.71. The van der Waals surface area contributed by atoms with Gasteiger partial charge in [0.05, 0.1) is 5.56 Å². The Balaban J connectivity index is 2.37. The predicted molar refractivity (Wildman–Crippen MR) is 65.2 cm³/mol. The quantitative estimate of drug-likeness (QED) is 0.791. The SMILES string of the molecule is Oc1cc(-c2cccc(C(F)(F)F)c2)ccc1OC(F)(F)F. The number of phenolic OH excluding ortho intramolecular Hbond substituents is 1. The standard InChI is InChI=1S/C14H8F6O2/c15-13(16,17)10-3-1-2-8(6-10)9-4-5-12(11(21)7-9)22-14(18,19)20/h1-7,21H. The molecule has 0 saturated carbocycles. The van der Waals surface area contributed by atoms with Gasteiger partial charge in [0.15, 0.2) is 11.5 Å². The number of ether oxygens (including phenoxy) is 1. The zero-order valence-electron chi connectivity index (χ0n) is 10.7. The lowest BCUT2D eigenvalue weighted by molar-refractivity contribution is -0.275. The third kappa shape index (κ3) is 3.84. The Hall–Kier alpha value is -2.38. The van der Waals surface area contributed by atoms with Crippen LogP contribution in [0, 0.1) is 0 Å². The van der Waals surface area contributed by atoms with Gasteiger partial charge in [0, 0.05) is 0 Å². The van der Waals surface area contributed by atoms with Gasteiger partial charge < -0.3 is 9.84 Å². The highest BCUT2D eigenvalue weighted by atomic mass is 19.4. The average molecular weight is 322 g/mol. The summed E-state index contributed by atoms with van der Waals surface area (Å²) in [6.45, 7) is 0. The van der Waals surface area contributed by atoms with Crippen LogP contribution in [-0.4, -0.2) is 11.5 Å². The summed E-state index contributed by atoms with van der Waals surface area (Å²) in [5.41, 5.74) is -0.679. The highest BCUT2D eigenvalue weighted by molar-refractivity contribution is 5.67. The molecule has 22 heavy (non-hydrogen) atoms. The molecular formula is C14H8F6O2. The first kappa shape index (κ1) is 16.0. The maximum absolute atomic E-state index is 12.6.